The van der Waals surface area contributed by atoms with E-state index < -0.39 is 15.8 Å². The average Bonchev–Trinajstić information content (AvgIpc) is 2.54. The molecule has 1 fully saturated rings. The molecule has 1 amide bonds. The molecule has 11 heteroatoms. The Bertz CT molecular complexity index is 817. The number of hydrogen-bond donors (Lipinski definition) is 3. The van der Waals surface area contributed by atoms with Gasteiger partial charge in [-0.05, 0) is 32.1 Å². The summed E-state index contributed by atoms with van der Waals surface area (Å²) in [4.78, 5) is 22.5. The van der Waals surface area contributed by atoms with E-state index in [1.165, 1.54) is 6.33 Å². The quantitative estimate of drug-likeness (QED) is 0.663. The highest BCUT2D eigenvalue weighted by Crippen LogP contribution is 2.41. The second-order valence-electron chi connectivity index (χ2n) is 7.61. The summed E-state index contributed by atoms with van der Waals surface area (Å²) in [6, 6.07) is 0. The van der Waals surface area contributed by atoms with E-state index >= 15 is 0 Å². The lowest BCUT2D eigenvalue weighted by molar-refractivity contribution is -0.129. The molecule has 3 rings (SSSR count). The number of hydrogen-bond acceptors (Lipinski definition) is 7. The van der Waals surface area contributed by atoms with Crippen LogP contribution in [0.25, 0.3) is 0 Å². The van der Waals surface area contributed by atoms with Crippen molar-refractivity contribution in [3.63, 3.8) is 0 Å². The maximum Gasteiger partial charge on any atom is 0.274 e. The number of nitrogens with zero attached hydrogens (tertiary/aromatic N) is 3. The van der Waals surface area contributed by atoms with Gasteiger partial charge >= 0.3 is 0 Å². The fourth-order valence-corrected chi connectivity index (χ4v) is 3.59. The van der Waals surface area contributed by atoms with Crippen LogP contribution in [-0.4, -0.2) is 49.5 Å². The molecule has 0 aromatic carbocycles. The summed E-state index contributed by atoms with van der Waals surface area (Å²) in [5.74, 6) is 1.20. The van der Waals surface area contributed by atoms with Gasteiger partial charge in [0.1, 0.15) is 6.33 Å². The molecule has 2 aliphatic rings. The molecule has 10 nitrogen and oxygen atoms in total. The van der Waals surface area contributed by atoms with E-state index in [1.807, 2.05) is 6.92 Å². The number of nitrogens with one attached hydrogen (secondary N) is 2. The Balaban J connectivity index is 1.75. The Hall–Kier alpha value is -1.98. The minimum Gasteiger partial charge on any atom is -0.470 e. The summed E-state index contributed by atoms with van der Waals surface area (Å²) in [6.45, 7) is 7.04. The number of carbonyl (C=O) groups is 1. The van der Waals surface area contributed by atoms with Crippen LogP contribution in [0.15, 0.2) is 6.33 Å². The van der Waals surface area contributed by atoms with Crippen LogP contribution in [0.4, 0.5) is 11.6 Å². The zero-order valence-corrected chi connectivity index (χ0v) is 15.9. The largest absolute Gasteiger partial charge is 0.470 e. The lowest BCUT2D eigenvalue weighted by Crippen LogP contribution is -2.48. The van der Waals surface area contributed by atoms with Crippen LogP contribution in [0.1, 0.15) is 33.6 Å². The summed E-state index contributed by atoms with van der Waals surface area (Å²) in [5, 5.41) is 7.78. The molecule has 0 unspecified atom stereocenters. The summed E-state index contributed by atoms with van der Waals surface area (Å²) < 4.78 is 30.5. The van der Waals surface area contributed by atoms with E-state index in [9.17, 15) is 13.2 Å². The zero-order valence-electron chi connectivity index (χ0n) is 15.1. The number of fused-ring (bicyclic) bond motifs is 1. The zero-order chi connectivity index (χ0) is 19.2. The van der Waals surface area contributed by atoms with Gasteiger partial charge in [-0.2, -0.15) is 8.42 Å². The van der Waals surface area contributed by atoms with Crippen LogP contribution in [0.2, 0.25) is 0 Å². The van der Waals surface area contributed by atoms with Crippen molar-refractivity contribution in [2.75, 3.05) is 29.9 Å². The standard InChI is InChI=1S/C15H24N6O4S/c1-14(2)13(22)20-11-10(25-14)12(18-9-17-11)21-6-4-15(3,5-7-21)8-19-26(16,23)24/h9,19H,4-8H2,1-3H3,(H2,16,23,24)(H,17,18,20,22). The summed E-state index contributed by atoms with van der Waals surface area (Å²) in [7, 11) is -3.70. The van der Waals surface area contributed by atoms with Crippen molar-refractivity contribution in [1.29, 1.82) is 0 Å². The number of nitrogens with two attached hydrogens (primary N) is 1. The van der Waals surface area contributed by atoms with E-state index in [0.29, 0.717) is 37.0 Å². The van der Waals surface area contributed by atoms with Gasteiger partial charge in [0.05, 0.1) is 0 Å². The molecular weight excluding hydrogens is 360 g/mol. The number of amides is 1. The maximum absolute atomic E-state index is 12.0. The Labute approximate surface area is 152 Å². The number of aromatic nitrogens is 2. The van der Waals surface area contributed by atoms with E-state index in [-0.39, 0.29) is 11.3 Å². The summed E-state index contributed by atoms with van der Waals surface area (Å²) in [6.07, 6.45) is 2.90. The second-order valence-corrected chi connectivity index (χ2v) is 8.98. The highest BCUT2D eigenvalue weighted by atomic mass is 32.2. The number of ether oxygens (including phenoxy) is 1. The number of carbonyl (C=O) groups excluding carboxylic acids is 1. The molecule has 26 heavy (non-hydrogen) atoms. The van der Waals surface area contributed by atoms with Crippen LogP contribution in [0, 0.1) is 5.41 Å². The SMILES string of the molecule is CC1(CNS(N)(=O)=O)CCN(c2ncnc3c2OC(C)(C)C(=O)N3)CC1. The molecule has 1 saturated heterocycles. The number of anilines is 2. The fourth-order valence-electron chi connectivity index (χ4n) is 3.04. The van der Waals surface area contributed by atoms with Crippen LogP contribution < -0.4 is 24.8 Å². The van der Waals surface area contributed by atoms with E-state index in [2.05, 4.69) is 24.9 Å². The Morgan fingerprint density at radius 3 is 2.58 bits per heavy atom. The molecule has 144 valence electrons. The van der Waals surface area contributed by atoms with Gasteiger partial charge < -0.3 is 15.0 Å². The maximum atomic E-state index is 12.0. The van der Waals surface area contributed by atoms with Crippen molar-refractivity contribution < 1.29 is 17.9 Å². The van der Waals surface area contributed by atoms with Crippen molar-refractivity contribution in [2.24, 2.45) is 10.6 Å². The highest BCUT2D eigenvalue weighted by Gasteiger charge is 2.39. The Kier molecular flexibility index (Phi) is 4.57. The van der Waals surface area contributed by atoms with Gasteiger partial charge in [0.15, 0.2) is 17.2 Å². The molecule has 4 N–H and O–H groups in total. The van der Waals surface area contributed by atoms with E-state index in [1.54, 1.807) is 13.8 Å². The third-order valence-electron chi connectivity index (χ3n) is 4.89. The first-order valence-electron chi connectivity index (χ1n) is 8.37. The van der Waals surface area contributed by atoms with E-state index in [4.69, 9.17) is 9.88 Å². The third kappa shape index (κ3) is 3.89. The van der Waals surface area contributed by atoms with Gasteiger partial charge in [0, 0.05) is 19.6 Å². The molecular formula is C15H24N6O4S. The number of rotatable bonds is 4. The molecule has 3 heterocycles. The van der Waals surface area contributed by atoms with Crippen molar-refractivity contribution in [3.05, 3.63) is 6.33 Å². The molecule has 0 bridgehead atoms. The van der Waals surface area contributed by atoms with Gasteiger partial charge in [0.25, 0.3) is 16.1 Å². The topological polar surface area (TPSA) is 140 Å². The predicted octanol–water partition coefficient (Wildman–Crippen LogP) is -0.0143. The van der Waals surface area contributed by atoms with Gasteiger partial charge in [-0.15, -0.1) is 0 Å². The molecule has 1 aromatic rings. The first kappa shape index (κ1) is 18.8. The first-order chi connectivity index (χ1) is 12.0. The molecule has 0 atom stereocenters. The highest BCUT2D eigenvalue weighted by molar-refractivity contribution is 7.87. The predicted molar refractivity (Wildman–Crippen MR) is 96.0 cm³/mol. The Morgan fingerprint density at radius 1 is 1.31 bits per heavy atom. The van der Waals surface area contributed by atoms with E-state index in [0.717, 1.165) is 12.8 Å². The normalized spacial score (nSPS) is 21.5. The average molecular weight is 384 g/mol. The molecule has 0 spiro atoms. The van der Waals surface area contributed by atoms with Crippen LogP contribution in [-0.2, 0) is 15.0 Å². The minimum absolute atomic E-state index is 0.190. The van der Waals surface area contributed by atoms with Crippen molar-refractivity contribution in [1.82, 2.24) is 14.7 Å². The van der Waals surface area contributed by atoms with Crippen molar-refractivity contribution in [3.8, 4) is 5.75 Å². The minimum atomic E-state index is -3.70. The smallest absolute Gasteiger partial charge is 0.274 e. The molecule has 0 radical (unpaired) electrons. The number of piperidine rings is 1. The van der Waals surface area contributed by atoms with Gasteiger partial charge in [-0.3, -0.25) is 4.79 Å². The lowest BCUT2D eigenvalue weighted by Gasteiger charge is -2.41. The summed E-state index contributed by atoms with van der Waals surface area (Å²) >= 11 is 0. The molecule has 0 saturated carbocycles. The molecule has 0 aliphatic carbocycles. The van der Waals surface area contributed by atoms with Gasteiger partial charge in [-0.1, -0.05) is 6.92 Å². The first-order valence-corrected chi connectivity index (χ1v) is 9.92. The van der Waals surface area contributed by atoms with Crippen LogP contribution in [0.5, 0.6) is 5.75 Å². The molecule has 2 aliphatic heterocycles. The van der Waals surface area contributed by atoms with Gasteiger partial charge in [-0.25, -0.2) is 19.8 Å². The molecule has 1 aromatic heterocycles. The van der Waals surface area contributed by atoms with Crippen molar-refractivity contribution >= 4 is 27.8 Å². The van der Waals surface area contributed by atoms with Crippen molar-refractivity contribution in [2.45, 2.75) is 39.2 Å². The van der Waals surface area contributed by atoms with Gasteiger partial charge in [0.2, 0.25) is 5.75 Å². The fraction of sp³-hybridized carbons (Fsp3) is 0.667. The third-order valence-corrected chi connectivity index (χ3v) is 5.44. The van der Waals surface area contributed by atoms with Crippen LogP contribution >= 0.6 is 0 Å². The Morgan fingerprint density at radius 2 is 1.96 bits per heavy atom. The second kappa shape index (κ2) is 6.32. The summed E-state index contributed by atoms with van der Waals surface area (Å²) in [5.41, 5.74) is -1.19. The monoisotopic (exact) mass is 384 g/mol. The lowest BCUT2D eigenvalue weighted by atomic mass is 9.80. The van der Waals surface area contributed by atoms with Crippen LogP contribution in [0.3, 0.4) is 0 Å².